The minimum absolute atomic E-state index is 0.140. The van der Waals surface area contributed by atoms with Crippen molar-refractivity contribution in [3.8, 4) is 0 Å². The zero-order valence-electron chi connectivity index (χ0n) is 6.39. The predicted octanol–water partition coefficient (Wildman–Crippen LogP) is 1.99. The standard InChI is InChI=1S/C9H10FN/c1-6-9-4-8(10)3-2-7(9)5-11-6/h2-4,6,11H,5H2,1H3/t6-/m0/s1. The average molecular weight is 151 g/mol. The van der Waals surface area contributed by atoms with E-state index in [0.717, 1.165) is 12.1 Å². The van der Waals surface area contributed by atoms with Crippen molar-refractivity contribution in [2.24, 2.45) is 0 Å². The first kappa shape index (κ1) is 6.80. The van der Waals surface area contributed by atoms with Crippen molar-refractivity contribution in [1.29, 1.82) is 0 Å². The van der Waals surface area contributed by atoms with Gasteiger partial charge >= 0.3 is 0 Å². The number of nitrogens with one attached hydrogen (secondary N) is 1. The molecule has 0 unspecified atom stereocenters. The van der Waals surface area contributed by atoms with Gasteiger partial charge in [-0.25, -0.2) is 4.39 Å². The Hall–Kier alpha value is -0.890. The van der Waals surface area contributed by atoms with E-state index in [-0.39, 0.29) is 5.82 Å². The monoisotopic (exact) mass is 151 g/mol. The van der Waals surface area contributed by atoms with E-state index < -0.39 is 0 Å². The van der Waals surface area contributed by atoms with Gasteiger partial charge in [0.2, 0.25) is 0 Å². The number of hydrogen-bond donors (Lipinski definition) is 1. The molecule has 2 rings (SSSR count). The topological polar surface area (TPSA) is 12.0 Å². The van der Waals surface area contributed by atoms with Gasteiger partial charge in [0.15, 0.2) is 0 Å². The van der Waals surface area contributed by atoms with Crippen LogP contribution in [0.25, 0.3) is 0 Å². The van der Waals surface area contributed by atoms with Crippen LogP contribution in [0.2, 0.25) is 0 Å². The molecular formula is C9H10FN. The normalized spacial score (nSPS) is 21.8. The summed E-state index contributed by atoms with van der Waals surface area (Å²) in [5.74, 6) is -0.140. The highest BCUT2D eigenvalue weighted by Gasteiger charge is 2.17. The molecule has 1 N–H and O–H groups in total. The predicted molar refractivity (Wildman–Crippen MR) is 41.7 cm³/mol. The van der Waals surface area contributed by atoms with Crippen LogP contribution in [0.4, 0.5) is 4.39 Å². The van der Waals surface area contributed by atoms with Crippen LogP contribution in [-0.2, 0) is 6.54 Å². The van der Waals surface area contributed by atoms with Crippen LogP contribution in [0.1, 0.15) is 24.1 Å². The summed E-state index contributed by atoms with van der Waals surface area (Å²) < 4.78 is 12.7. The Labute approximate surface area is 65.2 Å². The summed E-state index contributed by atoms with van der Waals surface area (Å²) in [7, 11) is 0. The number of rotatable bonds is 0. The fourth-order valence-electron chi connectivity index (χ4n) is 1.50. The van der Waals surface area contributed by atoms with E-state index in [1.165, 1.54) is 11.6 Å². The van der Waals surface area contributed by atoms with Gasteiger partial charge in [-0.2, -0.15) is 0 Å². The molecule has 0 amide bonds. The molecule has 1 aromatic rings. The molecule has 58 valence electrons. The fraction of sp³-hybridized carbons (Fsp3) is 0.333. The zero-order valence-corrected chi connectivity index (χ0v) is 6.39. The van der Waals surface area contributed by atoms with Crippen molar-refractivity contribution >= 4 is 0 Å². The summed E-state index contributed by atoms with van der Waals surface area (Å²) in [6, 6.07) is 5.28. The molecule has 1 aromatic carbocycles. The van der Waals surface area contributed by atoms with E-state index in [0.29, 0.717) is 6.04 Å². The molecule has 0 saturated carbocycles. The quantitative estimate of drug-likeness (QED) is 0.598. The number of halogens is 1. The molecule has 0 radical (unpaired) electrons. The first-order valence-corrected chi connectivity index (χ1v) is 3.79. The lowest BCUT2D eigenvalue weighted by Crippen LogP contribution is -2.06. The average Bonchev–Trinajstić information content (AvgIpc) is 2.33. The second kappa shape index (κ2) is 2.31. The van der Waals surface area contributed by atoms with E-state index >= 15 is 0 Å². The summed E-state index contributed by atoms with van der Waals surface area (Å²) >= 11 is 0. The minimum Gasteiger partial charge on any atom is -0.306 e. The maximum Gasteiger partial charge on any atom is 0.123 e. The maximum atomic E-state index is 12.7. The van der Waals surface area contributed by atoms with Crippen molar-refractivity contribution in [2.45, 2.75) is 19.5 Å². The smallest absolute Gasteiger partial charge is 0.123 e. The molecule has 0 aliphatic carbocycles. The van der Waals surface area contributed by atoms with Gasteiger partial charge in [-0.15, -0.1) is 0 Å². The molecule has 0 aromatic heterocycles. The minimum atomic E-state index is -0.140. The summed E-state index contributed by atoms with van der Waals surface area (Å²) in [5.41, 5.74) is 2.32. The molecule has 1 nitrogen and oxygen atoms in total. The van der Waals surface area contributed by atoms with E-state index in [1.54, 1.807) is 6.07 Å². The molecule has 0 fully saturated rings. The van der Waals surface area contributed by atoms with Gasteiger partial charge in [0.05, 0.1) is 0 Å². The van der Waals surface area contributed by atoms with Crippen molar-refractivity contribution in [3.05, 3.63) is 35.1 Å². The van der Waals surface area contributed by atoms with Crippen molar-refractivity contribution in [2.75, 3.05) is 0 Å². The summed E-state index contributed by atoms with van der Waals surface area (Å²) in [6.07, 6.45) is 0. The van der Waals surface area contributed by atoms with Crippen LogP contribution in [0, 0.1) is 5.82 Å². The summed E-state index contributed by atoms with van der Waals surface area (Å²) in [4.78, 5) is 0. The molecule has 0 bridgehead atoms. The number of hydrogen-bond acceptors (Lipinski definition) is 1. The molecule has 2 heteroatoms. The second-order valence-corrected chi connectivity index (χ2v) is 2.95. The lowest BCUT2D eigenvalue weighted by Gasteiger charge is -2.02. The largest absolute Gasteiger partial charge is 0.306 e. The van der Waals surface area contributed by atoms with E-state index in [4.69, 9.17) is 0 Å². The van der Waals surface area contributed by atoms with E-state index in [2.05, 4.69) is 5.32 Å². The van der Waals surface area contributed by atoms with Crippen LogP contribution < -0.4 is 5.32 Å². The molecule has 0 spiro atoms. The van der Waals surface area contributed by atoms with Crippen LogP contribution >= 0.6 is 0 Å². The SMILES string of the molecule is C[C@@H]1NCc2ccc(F)cc21. The van der Waals surface area contributed by atoms with Gasteiger partial charge in [-0.3, -0.25) is 0 Å². The molecule has 11 heavy (non-hydrogen) atoms. The van der Waals surface area contributed by atoms with Crippen molar-refractivity contribution < 1.29 is 4.39 Å². The van der Waals surface area contributed by atoms with Gasteiger partial charge in [-0.1, -0.05) is 6.07 Å². The number of fused-ring (bicyclic) bond motifs is 1. The Morgan fingerprint density at radius 1 is 1.55 bits per heavy atom. The Morgan fingerprint density at radius 2 is 2.36 bits per heavy atom. The van der Waals surface area contributed by atoms with E-state index in [1.807, 2.05) is 13.0 Å². The Balaban J connectivity index is 2.52. The summed E-state index contributed by atoms with van der Waals surface area (Å²) in [6.45, 7) is 2.92. The summed E-state index contributed by atoms with van der Waals surface area (Å²) in [5, 5.41) is 3.25. The van der Waals surface area contributed by atoms with Gasteiger partial charge < -0.3 is 5.32 Å². The zero-order chi connectivity index (χ0) is 7.84. The Kier molecular flexibility index (Phi) is 1.43. The van der Waals surface area contributed by atoms with Crippen LogP contribution in [0.5, 0.6) is 0 Å². The van der Waals surface area contributed by atoms with Crippen molar-refractivity contribution in [3.63, 3.8) is 0 Å². The molecule has 1 heterocycles. The molecule has 1 aliphatic heterocycles. The van der Waals surface area contributed by atoms with E-state index in [9.17, 15) is 4.39 Å². The third-order valence-corrected chi connectivity index (χ3v) is 2.17. The molecular weight excluding hydrogens is 141 g/mol. The fourth-order valence-corrected chi connectivity index (χ4v) is 1.50. The highest BCUT2D eigenvalue weighted by molar-refractivity contribution is 5.33. The lowest BCUT2D eigenvalue weighted by molar-refractivity contribution is 0.613. The van der Waals surface area contributed by atoms with Gasteiger partial charge in [0.1, 0.15) is 5.82 Å². The highest BCUT2D eigenvalue weighted by Crippen LogP contribution is 2.24. The Morgan fingerprint density at radius 3 is 3.18 bits per heavy atom. The van der Waals surface area contributed by atoms with Gasteiger partial charge in [0, 0.05) is 12.6 Å². The second-order valence-electron chi connectivity index (χ2n) is 2.95. The van der Waals surface area contributed by atoms with Gasteiger partial charge in [0.25, 0.3) is 0 Å². The third kappa shape index (κ3) is 1.03. The maximum absolute atomic E-state index is 12.7. The Bertz CT molecular complexity index is 283. The van der Waals surface area contributed by atoms with Crippen molar-refractivity contribution in [1.82, 2.24) is 5.32 Å². The lowest BCUT2D eigenvalue weighted by atomic mass is 10.1. The molecule has 1 atom stereocenters. The first-order valence-electron chi connectivity index (χ1n) is 3.79. The van der Waals surface area contributed by atoms with Crippen LogP contribution in [-0.4, -0.2) is 0 Å². The van der Waals surface area contributed by atoms with Crippen LogP contribution in [0.3, 0.4) is 0 Å². The molecule has 0 saturated heterocycles. The highest BCUT2D eigenvalue weighted by atomic mass is 19.1. The first-order chi connectivity index (χ1) is 5.27. The number of benzene rings is 1. The van der Waals surface area contributed by atoms with Gasteiger partial charge in [-0.05, 0) is 30.2 Å². The van der Waals surface area contributed by atoms with Crippen LogP contribution in [0.15, 0.2) is 18.2 Å². The molecule has 1 aliphatic rings. The third-order valence-electron chi connectivity index (χ3n) is 2.17.